The van der Waals surface area contributed by atoms with Gasteiger partial charge in [0.05, 0.1) is 12.0 Å². The van der Waals surface area contributed by atoms with Gasteiger partial charge in [-0.25, -0.2) is 9.97 Å². The van der Waals surface area contributed by atoms with Gasteiger partial charge < -0.3 is 10.1 Å². The summed E-state index contributed by atoms with van der Waals surface area (Å²) >= 11 is 1.62. The molecule has 5 heteroatoms. The Bertz CT molecular complexity index is 739. The molecule has 3 rings (SSSR count). The highest BCUT2D eigenvalue weighted by atomic mass is 32.1. The molecular weight excluding hydrogens is 270 g/mol. The fourth-order valence-corrected chi connectivity index (χ4v) is 2.83. The molecule has 4 nitrogen and oxygen atoms in total. The lowest BCUT2D eigenvalue weighted by Crippen LogP contribution is -1.97. The van der Waals surface area contributed by atoms with Crippen molar-refractivity contribution in [1.29, 1.82) is 0 Å². The van der Waals surface area contributed by atoms with E-state index in [0.717, 1.165) is 27.3 Å². The van der Waals surface area contributed by atoms with Crippen molar-refractivity contribution >= 4 is 27.4 Å². The highest BCUT2D eigenvalue weighted by Gasteiger charge is 2.10. The van der Waals surface area contributed by atoms with Crippen LogP contribution in [-0.4, -0.2) is 23.6 Å². The van der Waals surface area contributed by atoms with Crippen LogP contribution in [0.4, 0.5) is 5.82 Å². The maximum Gasteiger partial charge on any atom is 0.163 e. The van der Waals surface area contributed by atoms with E-state index >= 15 is 0 Å². The van der Waals surface area contributed by atoms with Gasteiger partial charge in [-0.2, -0.15) is 0 Å². The van der Waals surface area contributed by atoms with Crippen LogP contribution in [0.25, 0.3) is 21.6 Å². The van der Waals surface area contributed by atoms with E-state index in [-0.39, 0.29) is 0 Å². The van der Waals surface area contributed by atoms with Crippen molar-refractivity contribution in [3.63, 3.8) is 0 Å². The SMILES string of the molecule is CCOc1cccc(-c2nc(NC)c3ccsc3n2)c1. The average molecular weight is 285 g/mol. The minimum atomic E-state index is 0.649. The van der Waals surface area contributed by atoms with Crippen LogP contribution in [0.1, 0.15) is 6.92 Å². The van der Waals surface area contributed by atoms with E-state index in [0.29, 0.717) is 12.4 Å². The zero-order chi connectivity index (χ0) is 13.9. The van der Waals surface area contributed by atoms with Crippen LogP contribution in [-0.2, 0) is 0 Å². The first-order valence-corrected chi connectivity index (χ1v) is 7.36. The predicted molar refractivity (Wildman–Crippen MR) is 83.6 cm³/mol. The number of ether oxygens (including phenoxy) is 1. The number of rotatable bonds is 4. The lowest BCUT2D eigenvalue weighted by atomic mass is 10.2. The van der Waals surface area contributed by atoms with E-state index in [1.807, 2.05) is 49.7 Å². The summed E-state index contributed by atoms with van der Waals surface area (Å²) in [4.78, 5) is 10.2. The van der Waals surface area contributed by atoms with Crippen molar-refractivity contribution in [3.05, 3.63) is 35.7 Å². The summed E-state index contributed by atoms with van der Waals surface area (Å²) in [6.07, 6.45) is 0. The van der Waals surface area contributed by atoms with Gasteiger partial charge in [0.15, 0.2) is 5.82 Å². The number of hydrogen-bond donors (Lipinski definition) is 1. The zero-order valence-corrected chi connectivity index (χ0v) is 12.2. The number of benzene rings is 1. The molecule has 20 heavy (non-hydrogen) atoms. The molecule has 0 amide bonds. The number of hydrogen-bond acceptors (Lipinski definition) is 5. The summed E-state index contributed by atoms with van der Waals surface area (Å²) in [6, 6.07) is 9.90. The smallest absolute Gasteiger partial charge is 0.163 e. The van der Waals surface area contributed by atoms with Crippen LogP contribution in [0.5, 0.6) is 5.75 Å². The minimum Gasteiger partial charge on any atom is -0.494 e. The standard InChI is InChI=1S/C15H15N3OS/c1-3-19-11-6-4-5-10(9-11)13-17-14(16-2)12-7-8-20-15(12)18-13/h4-9H,3H2,1-2H3,(H,16,17,18). The molecule has 2 heterocycles. The number of aromatic nitrogens is 2. The van der Waals surface area contributed by atoms with Gasteiger partial charge in [0, 0.05) is 12.6 Å². The lowest BCUT2D eigenvalue weighted by Gasteiger charge is -2.07. The molecule has 102 valence electrons. The molecule has 0 spiro atoms. The Balaban J connectivity index is 2.11. The first-order valence-electron chi connectivity index (χ1n) is 6.48. The number of nitrogens with zero attached hydrogens (tertiary/aromatic N) is 2. The summed E-state index contributed by atoms with van der Waals surface area (Å²) < 4.78 is 5.53. The Morgan fingerprint density at radius 2 is 2.15 bits per heavy atom. The molecule has 1 aromatic carbocycles. The Labute approximate surface area is 121 Å². The fraction of sp³-hybridized carbons (Fsp3) is 0.200. The molecule has 0 aliphatic heterocycles. The number of anilines is 1. The first kappa shape index (κ1) is 12.9. The van der Waals surface area contributed by atoms with Gasteiger partial charge >= 0.3 is 0 Å². The van der Waals surface area contributed by atoms with E-state index in [1.165, 1.54) is 0 Å². The van der Waals surface area contributed by atoms with Gasteiger partial charge in [-0.15, -0.1) is 11.3 Å². The van der Waals surface area contributed by atoms with Crippen LogP contribution in [0.15, 0.2) is 35.7 Å². The summed E-state index contributed by atoms with van der Waals surface area (Å²) in [7, 11) is 1.87. The molecule has 2 aromatic heterocycles. The average Bonchev–Trinajstić information content (AvgIpc) is 2.95. The first-order chi connectivity index (χ1) is 9.81. The maximum atomic E-state index is 5.53. The molecule has 0 atom stereocenters. The van der Waals surface area contributed by atoms with Gasteiger partial charge in [-0.1, -0.05) is 12.1 Å². The van der Waals surface area contributed by atoms with Crippen molar-refractivity contribution in [3.8, 4) is 17.1 Å². The van der Waals surface area contributed by atoms with Crippen molar-refractivity contribution in [2.45, 2.75) is 6.92 Å². The molecule has 1 N–H and O–H groups in total. The van der Waals surface area contributed by atoms with E-state index in [9.17, 15) is 0 Å². The van der Waals surface area contributed by atoms with Crippen LogP contribution in [0.2, 0.25) is 0 Å². The van der Waals surface area contributed by atoms with Crippen molar-refractivity contribution in [2.75, 3.05) is 19.0 Å². The molecule has 0 radical (unpaired) electrons. The number of nitrogens with one attached hydrogen (secondary N) is 1. The fourth-order valence-electron chi connectivity index (χ4n) is 2.07. The normalized spacial score (nSPS) is 10.7. The van der Waals surface area contributed by atoms with Crippen molar-refractivity contribution in [2.24, 2.45) is 0 Å². The Morgan fingerprint density at radius 1 is 1.25 bits per heavy atom. The third kappa shape index (κ3) is 2.32. The van der Waals surface area contributed by atoms with E-state index in [2.05, 4.69) is 15.3 Å². The van der Waals surface area contributed by atoms with Gasteiger partial charge in [0.2, 0.25) is 0 Å². The zero-order valence-electron chi connectivity index (χ0n) is 11.4. The monoisotopic (exact) mass is 285 g/mol. The largest absolute Gasteiger partial charge is 0.494 e. The van der Waals surface area contributed by atoms with Gasteiger partial charge in [0.25, 0.3) is 0 Å². The molecule has 0 unspecified atom stereocenters. The highest BCUT2D eigenvalue weighted by molar-refractivity contribution is 7.16. The number of fused-ring (bicyclic) bond motifs is 1. The highest BCUT2D eigenvalue weighted by Crippen LogP contribution is 2.29. The minimum absolute atomic E-state index is 0.649. The van der Waals surface area contributed by atoms with Crippen molar-refractivity contribution in [1.82, 2.24) is 9.97 Å². The van der Waals surface area contributed by atoms with E-state index in [1.54, 1.807) is 11.3 Å². The maximum absolute atomic E-state index is 5.53. The predicted octanol–water partition coefficient (Wildman–Crippen LogP) is 3.80. The van der Waals surface area contributed by atoms with E-state index < -0.39 is 0 Å². The van der Waals surface area contributed by atoms with Crippen LogP contribution in [0, 0.1) is 0 Å². The summed E-state index contributed by atoms with van der Waals surface area (Å²) in [5.41, 5.74) is 0.961. The van der Waals surface area contributed by atoms with Gasteiger partial charge in [0.1, 0.15) is 16.4 Å². The van der Waals surface area contributed by atoms with E-state index in [4.69, 9.17) is 4.74 Å². The second-order valence-corrected chi connectivity index (χ2v) is 5.14. The molecule has 0 saturated heterocycles. The lowest BCUT2D eigenvalue weighted by molar-refractivity contribution is 0.340. The summed E-state index contributed by atoms with van der Waals surface area (Å²) in [5, 5.41) is 6.22. The molecule has 0 aliphatic carbocycles. The van der Waals surface area contributed by atoms with Crippen LogP contribution in [0.3, 0.4) is 0 Å². The van der Waals surface area contributed by atoms with Crippen molar-refractivity contribution < 1.29 is 4.74 Å². The van der Waals surface area contributed by atoms with Gasteiger partial charge in [-0.05, 0) is 30.5 Å². The third-order valence-electron chi connectivity index (χ3n) is 2.97. The molecule has 0 fully saturated rings. The second-order valence-electron chi connectivity index (χ2n) is 4.25. The summed E-state index contributed by atoms with van der Waals surface area (Å²) in [6.45, 7) is 2.62. The number of thiophene rings is 1. The Hall–Kier alpha value is -2.14. The molecule has 0 saturated carbocycles. The molecule has 0 bridgehead atoms. The van der Waals surface area contributed by atoms with Crippen LogP contribution < -0.4 is 10.1 Å². The van der Waals surface area contributed by atoms with Gasteiger partial charge in [-0.3, -0.25) is 0 Å². The third-order valence-corrected chi connectivity index (χ3v) is 3.77. The topological polar surface area (TPSA) is 47.0 Å². The quantitative estimate of drug-likeness (QED) is 0.792. The molecular formula is C15H15N3OS. The molecule has 0 aliphatic rings. The summed E-state index contributed by atoms with van der Waals surface area (Å²) in [5.74, 6) is 2.41. The van der Waals surface area contributed by atoms with Crippen LogP contribution >= 0.6 is 11.3 Å². The second kappa shape index (κ2) is 5.46. The Morgan fingerprint density at radius 3 is 2.95 bits per heavy atom. The Kier molecular flexibility index (Phi) is 3.52. The molecule has 3 aromatic rings.